The van der Waals surface area contributed by atoms with Gasteiger partial charge in [0.2, 0.25) is 0 Å². The van der Waals surface area contributed by atoms with Crippen LogP contribution in [-0.4, -0.2) is 45.3 Å². The lowest BCUT2D eigenvalue weighted by atomic mass is 10.1. The molecule has 100 valence electrons. The quantitative estimate of drug-likeness (QED) is 0.260. The molecule has 0 aromatic heterocycles. The summed E-state index contributed by atoms with van der Waals surface area (Å²) in [4.78, 5) is 43.5. The van der Waals surface area contributed by atoms with Crippen molar-refractivity contribution < 1.29 is 39.2 Å². The predicted octanol–water partition coefficient (Wildman–Crippen LogP) is -0.122. The van der Waals surface area contributed by atoms with Gasteiger partial charge in [0.05, 0.1) is 6.10 Å². The maximum Gasteiger partial charge on any atom is 0.347 e. The van der Waals surface area contributed by atoms with Gasteiger partial charge >= 0.3 is 23.9 Å². The first kappa shape index (κ1) is 15.6. The van der Waals surface area contributed by atoms with Gasteiger partial charge in [-0.2, -0.15) is 0 Å². The Morgan fingerprint density at radius 3 is 1.61 bits per heavy atom. The molecule has 1 atom stereocenters. The number of carbonyl (C=O) groups is 4. The summed E-state index contributed by atoms with van der Waals surface area (Å²) in [7, 11) is 0. The Morgan fingerprint density at radius 1 is 0.944 bits per heavy atom. The topological polar surface area (TPSA) is 138 Å². The highest BCUT2D eigenvalue weighted by Crippen LogP contribution is 2.11. The second-order valence-electron chi connectivity index (χ2n) is 3.29. The molecule has 0 radical (unpaired) electrons. The van der Waals surface area contributed by atoms with Gasteiger partial charge in [-0.05, 0) is 13.3 Å². The van der Waals surface area contributed by atoms with Gasteiger partial charge in [-0.3, -0.25) is 0 Å². The first-order valence-corrected chi connectivity index (χ1v) is 4.87. The van der Waals surface area contributed by atoms with Gasteiger partial charge in [-0.1, -0.05) is 6.92 Å². The van der Waals surface area contributed by atoms with Crippen molar-refractivity contribution in [3.05, 3.63) is 11.1 Å². The van der Waals surface area contributed by atoms with Crippen LogP contribution in [0.25, 0.3) is 0 Å². The largest absolute Gasteiger partial charge is 0.477 e. The maximum atomic E-state index is 11.4. The Bertz CT molecular complexity index is 404. The highest BCUT2D eigenvalue weighted by Gasteiger charge is 2.33. The fourth-order valence-corrected chi connectivity index (χ4v) is 0.927. The smallest absolute Gasteiger partial charge is 0.347 e. The van der Waals surface area contributed by atoms with E-state index in [1.165, 1.54) is 6.92 Å². The molecular formula is C10H12O8. The molecule has 8 heteroatoms. The molecule has 0 amide bonds. The molecule has 0 aromatic rings. The molecule has 0 aliphatic rings. The third-order valence-electron chi connectivity index (χ3n) is 1.98. The summed E-state index contributed by atoms with van der Waals surface area (Å²) in [5.41, 5.74) is -2.94. The molecule has 0 saturated carbocycles. The first-order valence-electron chi connectivity index (χ1n) is 4.87. The minimum Gasteiger partial charge on any atom is -0.477 e. The van der Waals surface area contributed by atoms with E-state index in [0.29, 0.717) is 6.42 Å². The van der Waals surface area contributed by atoms with Crippen molar-refractivity contribution in [1.29, 1.82) is 0 Å². The number of esters is 1. The Hall–Kier alpha value is -2.38. The Morgan fingerprint density at radius 2 is 1.33 bits per heavy atom. The fraction of sp³-hybridized carbons (Fsp3) is 0.400. The molecule has 0 saturated heterocycles. The average molecular weight is 260 g/mol. The second kappa shape index (κ2) is 6.38. The summed E-state index contributed by atoms with van der Waals surface area (Å²) in [6, 6.07) is 0. The van der Waals surface area contributed by atoms with Gasteiger partial charge in [0.25, 0.3) is 0 Å². The maximum absolute atomic E-state index is 11.4. The first-order chi connectivity index (χ1) is 8.22. The molecule has 1 unspecified atom stereocenters. The number of hydrogen-bond acceptors (Lipinski definition) is 5. The van der Waals surface area contributed by atoms with E-state index < -0.39 is 41.1 Å². The monoisotopic (exact) mass is 260 g/mol. The van der Waals surface area contributed by atoms with Crippen LogP contribution in [0.4, 0.5) is 0 Å². The van der Waals surface area contributed by atoms with Gasteiger partial charge in [0.15, 0.2) is 11.1 Å². The number of carboxylic acid groups (broad SMARTS) is 3. The van der Waals surface area contributed by atoms with Crippen LogP contribution >= 0.6 is 0 Å². The predicted molar refractivity (Wildman–Crippen MR) is 55.8 cm³/mol. The van der Waals surface area contributed by atoms with Crippen molar-refractivity contribution in [2.75, 3.05) is 0 Å². The Kier molecular flexibility index (Phi) is 5.54. The zero-order valence-electron chi connectivity index (χ0n) is 9.67. The highest BCUT2D eigenvalue weighted by molar-refractivity contribution is 6.26. The van der Waals surface area contributed by atoms with E-state index in [2.05, 4.69) is 4.74 Å². The molecule has 0 rings (SSSR count). The van der Waals surface area contributed by atoms with Gasteiger partial charge in [0.1, 0.15) is 0 Å². The summed E-state index contributed by atoms with van der Waals surface area (Å²) in [5.74, 6) is -7.51. The molecule has 18 heavy (non-hydrogen) atoms. The zero-order chi connectivity index (χ0) is 14.5. The van der Waals surface area contributed by atoms with E-state index in [0.717, 1.165) is 0 Å². The normalized spacial score (nSPS) is 11.2. The SMILES string of the molecule is CCC(C)OC(=O)C(C(=O)O)=C(C(=O)O)C(=O)O. The summed E-state index contributed by atoms with van der Waals surface area (Å²) in [6.07, 6.45) is -0.288. The van der Waals surface area contributed by atoms with Crippen molar-refractivity contribution in [1.82, 2.24) is 0 Å². The number of carboxylic acids is 3. The number of hydrogen-bond donors (Lipinski definition) is 3. The molecule has 0 heterocycles. The standard InChI is InChI=1S/C10H12O8/c1-3-4(2)18-10(17)6(9(15)16)5(7(11)12)8(13)14/h4H,3H2,1-2H3,(H,11,12)(H,13,14)(H,15,16). The van der Waals surface area contributed by atoms with Crippen LogP contribution in [0.15, 0.2) is 11.1 Å². The second-order valence-corrected chi connectivity index (χ2v) is 3.29. The highest BCUT2D eigenvalue weighted by atomic mass is 16.5. The van der Waals surface area contributed by atoms with Gasteiger partial charge in [-0.25, -0.2) is 19.2 Å². The van der Waals surface area contributed by atoms with Crippen LogP contribution in [0.2, 0.25) is 0 Å². The lowest BCUT2D eigenvalue weighted by Crippen LogP contribution is -2.26. The van der Waals surface area contributed by atoms with E-state index in [1.807, 2.05) is 0 Å². The van der Waals surface area contributed by atoms with E-state index in [-0.39, 0.29) is 0 Å². The van der Waals surface area contributed by atoms with Crippen LogP contribution in [-0.2, 0) is 23.9 Å². The van der Waals surface area contributed by atoms with Crippen LogP contribution < -0.4 is 0 Å². The van der Waals surface area contributed by atoms with Gasteiger partial charge in [-0.15, -0.1) is 0 Å². The molecule has 0 aromatic carbocycles. The molecule has 0 aliphatic carbocycles. The molecule has 3 N–H and O–H groups in total. The van der Waals surface area contributed by atoms with E-state index >= 15 is 0 Å². The minimum absolute atomic E-state index is 0.369. The van der Waals surface area contributed by atoms with Crippen molar-refractivity contribution in [2.45, 2.75) is 26.4 Å². The number of rotatable bonds is 6. The van der Waals surface area contributed by atoms with Crippen LogP contribution in [0, 0.1) is 0 Å². The molecular weight excluding hydrogens is 248 g/mol. The van der Waals surface area contributed by atoms with E-state index in [4.69, 9.17) is 15.3 Å². The lowest BCUT2D eigenvalue weighted by molar-refractivity contribution is -0.150. The van der Waals surface area contributed by atoms with Crippen molar-refractivity contribution in [3.8, 4) is 0 Å². The fourth-order valence-electron chi connectivity index (χ4n) is 0.927. The van der Waals surface area contributed by atoms with Gasteiger partial charge < -0.3 is 20.1 Å². The number of ether oxygens (including phenoxy) is 1. The van der Waals surface area contributed by atoms with Crippen molar-refractivity contribution in [3.63, 3.8) is 0 Å². The Balaban J connectivity index is 5.61. The molecule has 0 aliphatic heterocycles. The molecule has 0 bridgehead atoms. The van der Waals surface area contributed by atoms with Gasteiger partial charge in [0, 0.05) is 0 Å². The molecule has 0 fully saturated rings. The van der Waals surface area contributed by atoms with E-state index in [1.54, 1.807) is 6.92 Å². The van der Waals surface area contributed by atoms with Crippen LogP contribution in [0.5, 0.6) is 0 Å². The zero-order valence-corrected chi connectivity index (χ0v) is 9.67. The van der Waals surface area contributed by atoms with Crippen LogP contribution in [0.1, 0.15) is 20.3 Å². The Labute approximate surface area is 101 Å². The summed E-state index contributed by atoms with van der Waals surface area (Å²) < 4.78 is 4.60. The third-order valence-corrected chi connectivity index (χ3v) is 1.98. The molecule has 0 spiro atoms. The summed E-state index contributed by atoms with van der Waals surface area (Å²) in [5, 5.41) is 25.9. The summed E-state index contributed by atoms with van der Waals surface area (Å²) >= 11 is 0. The average Bonchev–Trinajstić information content (AvgIpc) is 2.23. The van der Waals surface area contributed by atoms with Crippen LogP contribution in [0.3, 0.4) is 0 Å². The van der Waals surface area contributed by atoms with Crippen molar-refractivity contribution in [2.24, 2.45) is 0 Å². The third kappa shape index (κ3) is 3.89. The van der Waals surface area contributed by atoms with Crippen molar-refractivity contribution >= 4 is 23.9 Å². The lowest BCUT2D eigenvalue weighted by Gasteiger charge is -2.11. The summed E-state index contributed by atoms with van der Waals surface area (Å²) in [6.45, 7) is 3.11. The number of aliphatic carboxylic acids is 3. The van der Waals surface area contributed by atoms with E-state index in [9.17, 15) is 19.2 Å². The number of carbonyl (C=O) groups excluding carboxylic acids is 1. The minimum atomic E-state index is -2.03. The molecule has 8 nitrogen and oxygen atoms in total.